The number of amides is 2. The summed E-state index contributed by atoms with van der Waals surface area (Å²) in [4.78, 5) is 50.4. The fourth-order valence-electron chi connectivity index (χ4n) is 7.59. The largest absolute Gasteiger partial charge is 0.493 e. The van der Waals surface area contributed by atoms with Crippen molar-refractivity contribution in [3.8, 4) is 11.5 Å². The van der Waals surface area contributed by atoms with Crippen molar-refractivity contribution in [2.75, 3.05) is 13.7 Å². The molecule has 0 unspecified atom stereocenters. The van der Waals surface area contributed by atoms with Gasteiger partial charge in [0.1, 0.15) is 17.8 Å². The Hall–Kier alpha value is -3.64. The predicted octanol–water partition coefficient (Wildman–Crippen LogP) is 1.68. The zero-order valence-corrected chi connectivity index (χ0v) is 25.8. The number of benzene rings is 1. The van der Waals surface area contributed by atoms with Gasteiger partial charge in [0.25, 0.3) is 0 Å². The van der Waals surface area contributed by atoms with Crippen molar-refractivity contribution < 1.29 is 43.2 Å². The number of carbonyl (C=O) groups is 4. The van der Waals surface area contributed by atoms with Gasteiger partial charge >= 0.3 is 11.9 Å². The van der Waals surface area contributed by atoms with Gasteiger partial charge in [0.15, 0.2) is 23.7 Å². The topological polar surface area (TPSA) is 176 Å². The first kappa shape index (κ1) is 31.8. The zero-order valence-electron chi connectivity index (χ0n) is 25.8. The Bertz CT molecular complexity index is 1360. The number of esters is 2. The van der Waals surface area contributed by atoms with Crippen molar-refractivity contribution in [2.24, 2.45) is 11.7 Å². The second-order valence-corrected chi connectivity index (χ2v) is 12.4. The molecule has 5 rings (SSSR count). The lowest BCUT2D eigenvalue weighted by molar-refractivity contribution is -0.172. The summed E-state index contributed by atoms with van der Waals surface area (Å²) in [5.74, 6) is -1.11. The molecule has 12 nitrogen and oxygen atoms in total. The van der Waals surface area contributed by atoms with E-state index in [-0.39, 0.29) is 17.6 Å². The molecule has 12 heteroatoms. The number of carbonyl (C=O) groups excluding carboxylic acids is 4. The zero-order chi connectivity index (χ0) is 31.8. The van der Waals surface area contributed by atoms with E-state index in [2.05, 4.69) is 10.6 Å². The molecule has 5 N–H and O–H groups in total. The number of aliphatic hydroxyl groups is 1. The van der Waals surface area contributed by atoms with Crippen molar-refractivity contribution in [2.45, 2.75) is 107 Å². The first-order valence-electron chi connectivity index (χ1n) is 15.5. The van der Waals surface area contributed by atoms with E-state index in [1.807, 2.05) is 12.1 Å². The standard InChI is InChI=1S/C32H43N3O9/c1-17(34-28(37)22(35-19(3)36)9-5-6-15-33)29(38)42-18(2)30(39)43-24-12-14-32(40)21-8-7-13-31(32)25-20(16-21)10-11-23(41-4)26(25)44-27(24)31/h10-12,17-18,21-22,27,40H,5-9,13-16,33H2,1-4H3,(H,34,37)(H,35,36)/t17-,18-,21-,22-,27+,31+,32-/m0/s1. The number of methoxy groups -OCH3 is 1. The summed E-state index contributed by atoms with van der Waals surface area (Å²) in [6.07, 6.45) is 4.85. The number of nitrogens with one attached hydrogen (secondary N) is 2. The van der Waals surface area contributed by atoms with Crippen molar-refractivity contribution in [3.05, 3.63) is 35.1 Å². The first-order chi connectivity index (χ1) is 21.0. The number of hydrogen-bond donors (Lipinski definition) is 4. The molecule has 0 radical (unpaired) electrons. The van der Waals surface area contributed by atoms with E-state index in [4.69, 9.17) is 24.7 Å². The van der Waals surface area contributed by atoms with Crippen LogP contribution in [0.1, 0.15) is 76.8 Å². The molecule has 44 heavy (non-hydrogen) atoms. The molecule has 2 bridgehead atoms. The van der Waals surface area contributed by atoms with Crippen molar-refractivity contribution in [1.29, 1.82) is 0 Å². The minimum atomic E-state index is -1.30. The lowest BCUT2D eigenvalue weighted by Crippen LogP contribution is -2.67. The highest BCUT2D eigenvalue weighted by molar-refractivity contribution is 5.90. The van der Waals surface area contributed by atoms with Crippen molar-refractivity contribution in [1.82, 2.24) is 10.6 Å². The van der Waals surface area contributed by atoms with Crippen molar-refractivity contribution >= 4 is 23.8 Å². The highest BCUT2D eigenvalue weighted by Crippen LogP contribution is 2.67. The van der Waals surface area contributed by atoms with E-state index in [9.17, 15) is 24.3 Å². The summed E-state index contributed by atoms with van der Waals surface area (Å²) in [6.45, 7) is 4.59. The molecule has 0 saturated heterocycles. The van der Waals surface area contributed by atoms with Gasteiger partial charge in [-0.25, -0.2) is 9.59 Å². The summed E-state index contributed by atoms with van der Waals surface area (Å²) in [5, 5.41) is 17.3. The van der Waals surface area contributed by atoms with Crippen LogP contribution < -0.4 is 25.8 Å². The number of nitrogens with two attached hydrogens (primary N) is 1. The van der Waals surface area contributed by atoms with Crippen LogP contribution in [0.2, 0.25) is 0 Å². The molecule has 1 fully saturated rings. The molecule has 2 amide bonds. The van der Waals surface area contributed by atoms with E-state index >= 15 is 0 Å². The van der Waals surface area contributed by atoms with Gasteiger partial charge in [-0.15, -0.1) is 0 Å². The number of unbranched alkanes of at least 4 members (excludes halogenated alkanes) is 1. The second-order valence-electron chi connectivity index (χ2n) is 12.4. The molecular formula is C32H43N3O9. The van der Waals surface area contributed by atoms with Crippen LogP contribution in [0.3, 0.4) is 0 Å². The van der Waals surface area contributed by atoms with Crippen LogP contribution >= 0.6 is 0 Å². The fraction of sp³-hybridized carbons (Fsp3) is 0.625. The lowest BCUT2D eigenvalue weighted by Gasteiger charge is -2.59. The van der Waals surface area contributed by atoms with Gasteiger partial charge < -0.3 is 40.4 Å². The van der Waals surface area contributed by atoms with Gasteiger partial charge in [-0.05, 0) is 89.0 Å². The van der Waals surface area contributed by atoms with E-state index in [0.29, 0.717) is 50.1 Å². The summed E-state index contributed by atoms with van der Waals surface area (Å²) >= 11 is 0. The maximum atomic E-state index is 13.2. The van der Waals surface area contributed by atoms with Gasteiger partial charge in [-0.3, -0.25) is 9.59 Å². The molecule has 1 heterocycles. The second kappa shape index (κ2) is 12.4. The predicted molar refractivity (Wildman–Crippen MR) is 158 cm³/mol. The van der Waals surface area contributed by atoms with E-state index in [1.165, 1.54) is 20.8 Å². The van der Waals surface area contributed by atoms with E-state index in [0.717, 1.165) is 30.4 Å². The smallest absolute Gasteiger partial charge is 0.352 e. The molecule has 1 aromatic rings. The Morgan fingerprint density at radius 3 is 2.64 bits per heavy atom. The van der Waals surface area contributed by atoms with Crippen LogP contribution in [-0.2, 0) is 40.5 Å². The minimum absolute atomic E-state index is 0.0465. The summed E-state index contributed by atoms with van der Waals surface area (Å²) in [5.41, 5.74) is 5.74. The molecule has 1 aliphatic heterocycles. The first-order valence-corrected chi connectivity index (χ1v) is 15.5. The molecule has 240 valence electrons. The Kier molecular flexibility index (Phi) is 8.95. The normalized spacial score (nSPS) is 27.8. The molecule has 3 aliphatic carbocycles. The van der Waals surface area contributed by atoms with E-state index in [1.54, 1.807) is 13.2 Å². The average Bonchev–Trinajstić information content (AvgIpc) is 3.33. The maximum Gasteiger partial charge on any atom is 0.352 e. The Morgan fingerprint density at radius 1 is 1.16 bits per heavy atom. The Morgan fingerprint density at radius 2 is 1.93 bits per heavy atom. The van der Waals surface area contributed by atoms with Crippen molar-refractivity contribution in [3.63, 3.8) is 0 Å². The average molecular weight is 614 g/mol. The highest BCUT2D eigenvalue weighted by Gasteiger charge is 2.71. The van der Waals surface area contributed by atoms with Crippen LogP contribution in [0, 0.1) is 5.92 Å². The van der Waals surface area contributed by atoms with Crippen LogP contribution in [0.15, 0.2) is 24.0 Å². The van der Waals surface area contributed by atoms with Gasteiger partial charge in [0.05, 0.1) is 18.1 Å². The lowest BCUT2D eigenvalue weighted by atomic mass is 9.47. The molecule has 1 aromatic carbocycles. The highest BCUT2D eigenvalue weighted by atomic mass is 16.6. The Balaban J connectivity index is 1.26. The van der Waals surface area contributed by atoms with Gasteiger partial charge in [-0.2, -0.15) is 0 Å². The summed E-state index contributed by atoms with van der Waals surface area (Å²) in [6, 6.07) is 1.98. The quantitative estimate of drug-likeness (QED) is 0.200. The summed E-state index contributed by atoms with van der Waals surface area (Å²) in [7, 11) is 1.57. The molecule has 1 spiro atoms. The summed E-state index contributed by atoms with van der Waals surface area (Å²) < 4.78 is 23.3. The van der Waals surface area contributed by atoms with Crippen LogP contribution in [0.5, 0.6) is 11.5 Å². The number of rotatable bonds is 12. The van der Waals surface area contributed by atoms with Gasteiger partial charge in [-0.1, -0.05) is 12.5 Å². The van der Waals surface area contributed by atoms with Gasteiger partial charge in [0, 0.05) is 12.5 Å². The molecule has 4 aliphatic rings. The molecule has 7 atom stereocenters. The minimum Gasteiger partial charge on any atom is -0.493 e. The number of hydrogen-bond acceptors (Lipinski definition) is 10. The number of ether oxygens (including phenoxy) is 4. The maximum absolute atomic E-state index is 13.2. The third kappa shape index (κ3) is 5.32. The SMILES string of the molecule is COc1ccc2c3c1O[C@@H]1C(OC(=O)[C@H](C)OC(=O)[C@H](C)NC(=O)[C@H](CCCCN)NC(C)=O)=CC[C@]4(O)[C@@H](CCC[C@@]314)C2. The molecular weight excluding hydrogens is 570 g/mol. The monoisotopic (exact) mass is 613 g/mol. The third-order valence-corrected chi connectivity index (χ3v) is 9.66. The molecule has 0 aromatic heterocycles. The Labute approximate surface area is 257 Å². The van der Waals surface area contributed by atoms with Crippen LogP contribution in [-0.4, -0.2) is 72.4 Å². The van der Waals surface area contributed by atoms with Gasteiger partial charge in [0.2, 0.25) is 11.8 Å². The third-order valence-electron chi connectivity index (χ3n) is 9.66. The fourth-order valence-corrected chi connectivity index (χ4v) is 7.59. The molecule has 1 saturated carbocycles. The van der Waals surface area contributed by atoms with Crippen LogP contribution in [0.25, 0.3) is 0 Å². The van der Waals surface area contributed by atoms with E-state index < -0.39 is 53.2 Å². The van der Waals surface area contributed by atoms with Crippen LogP contribution in [0.4, 0.5) is 0 Å².